The normalized spacial score (nSPS) is 16.5. The van der Waals surface area contributed by atoms with E-state index in [-0.39, 0.29) is 17.8 Å². The van der Waals surface area contributed by atoms with Crippen LogP contribution >= 0.6 is 12.2 Å². The van der Waals surface area contributed by atoms with Gasteiger partial charge in [0.25, 0.3) is 0 Å². The molecule has 0 spiro atoms. The molecule has 1 aliphatic rings. The summed E-state index contributed by atoms with van der Waals surface area (Å²) in [5.41, 5.74) is 6.16. The lowest BCUT2D eigenvalue weighted by Crippen LogP contribution is -2.29. The smallest absolute Gasteiger partial charge is 0.174 e. The number of aryl methyl sites for hydroxylation is 1. The molecule has 1 fully saturated rings. The first-order chi connectivity index (χ1) is 19.9. The number of hydrogen-bond acceptors (Lipinski definition) is 5. The molecule has 5 aromatic rings. The minimum atomic E-state index is -0.160. The Morgan fingerprint density at radius 1 is 0.829 bits per heavy atom. The van der Waals surface area contributed by atoms with Gasteiger partial charge in [0.05, 0.1) is 24.9 Å². The summed E-state index contributed by atoms with van der Waals surface area (Å²) in [5, 5.41) is 14.0. The highest BCUT2D eigenvalue weighted by Crippen LogP contribution is 2.44. The van der Waals surface area contributed by atoms with Gasteiger partial charge in [-0.1, -0.05) is 6.07 Å². The van der Waals surface area contributed by atoms with Crippen LogP contribution in [0.2, 0.25) is 0 Å². The van der Waals surface area contributed by atoms with E-state index < -0.39 is 0 Å². The second-order valence-electron chi connectivity index (χ2n) is 9.95. The summed E-state index contributed by atoms with van der Waals surface area (Å²) in [4.78, 5) is 6.85. The van der Waals surface area contributed by atoms with E-state index in [1.165, 1.54) is 0 Å². The van der Waals surface area contributed by atoms with E-state index in [2.05, 4.69) is 39.7 Å². The monoisotopic (exact) mass is 562 g/mol. The Morgan fingerprint density at radius 3 is 2.10 bits per heavy atom. The number of nitrogens with zero attached hydrogens (tertiary/aromatic N) is 3. The number of phenols is 1. The maximum Gasteiger partial charge on any atom is 0.174 e. The number of methoxy groups -OCH3 is 1. The first-order valence-corrected chi connectivity index (χ1v) is 13.7. The van der Waals surface area contributed by atoms with Crippen LogP contribution in [0.3, 0.4) is 0 Å². The summed E-state index contributed by atoms with van der Waals surface area (Å²) in [6.45, 7) is 4.21. The van der Waals surface area contributed by atoms with Crippen LogP contribution < -0.4 is 19.7 Å². The lowest BCUT2D eigenvalue weighted by Gasteiger charge is -2.28. The quantitative estimate of drug-likeness (QED) is 0.204. The van der Waals surface area contributed by atoms with E-state index in [4.69, 9.17) is 21.7 Å². The van der Waals surface area contributed by atoms with Crippen LogP contribution in [0.5, 0.6) is 23.0 Å². The topological polar surface area (TPSA) is 71.8 Å². The number of aromatic nitrogens is 2. The predicted octanol–water partition coefficient (Wildman–Crippen LogP) is 7.17. The molecule has 1 saturated heterocycles. The van der Waals surface area contributed by atoms with Crippen LogP contribution in [-0.2, 0) is 0 Å². The summed E-state index contributed by atoms with van der Waals surface area (Å²) in [5.74, 6) is 2.47. The highest BCUT2D eigenvalue weighted by Gasteiger charge is 2.42. The van der Waals surface area contributed by atoms with Gasteiger partial charge in [-0.25, -0.2) is 0 Å². The van der Waals surface area contributed by atoms with Crippen molar-refractivity contribution in [3.8, 4) is 28.7 Å². The average Bonchev–Trinajstić information content (AvgIpc) is 3.49. The molecule has 7 nitrogen and oxygen atoms in total. The summed E-state index contributed by atoms with van der Waals surface area (Å²) in [7, 11) is 1.64. The Morgan fingerprint density at radius 2 is 1.46 bits per heavy atom. The van der Waals surface area contributed by atoms with Gasteiger partial charge in [-0.05, 0) is 123 Å². The lowest BCUT2D eigenvalue weighted by molar-refractivity contribution is 0.413. The number of rotatable bonds is 7. The molecule has 3 heterocycles. The Balaban J connectivity index is 1.38. The van der Waals surface area contributed by atoms with Crippen molar-refractivity contribution in [3.05, 3.63) is 126 Å². The fraction of sp³-hybridized carbons (Fsp3) is 0.152. The second-order valence-corrected chi connectivity index (χ2v) is 10.3. The molecule has 2 N–H and O–H groups in total. The van der Waals surface area contributed by atoms with Gasteiger partial charge in [-0.3, -0.25) is 4.98 Å². The Kier molecular flexibility index (Phi) is 7.07. The molecule has 0 bridgehead atoms. The van der Waals surface area contributed by atoms with Gasteiger partial charge in [0.1, 0.15) is 23.0 Å². The van der Waals surface area contributed by atoms with Crippen LogP contribution in [0, 0.1) is 13.8 Å². The number of pyridine rings is 1. The number of aromatic hydroxyl groups is 1. The van der Waals surface area contributed by atoms with E-state index in [1.54, 1.807) is 19.2 Å². The third-order valence-corrected chi connectivity index (χ3v) is 7.72. The molecule has 0 aliphatic carbocycles. The molecule has 2 atom stereocenters. The lowest BCUT2D eigenvalue weighted by atomic mass is 9.96. The van der Waals surface area contributed by atoms with Gasteiger partial charge in [0.15, 0.2) is 5.11 Å². The molecule has 2 unspecified atom stereocenters. The maximum absolute atomic E-state index is 9.83. The third-order valence-electron chi connectivity index (χ3n) is 7.40. The van der Waals surface area contributed by atoms with Crippen molar-refractivity contribution in [2.24, 2.45) is 0 Å². The van der Waals surface area contributed by atoms with Crippen LogP contribution in [0.1, 0.15) is 34.7 Å². The predicted molar refractivity (Wildman–Crippen MR) is 164 cm³/mol. The summed E-state index contributed by atoms with van der Waals surface area (Å²) >= 11 is 5.94. The van der Waals surface area contributed by atoms with E-state index >= 15 is 0 Å². The second kappa shape index (κ2) is 11.0. The number of ether oxygens (including phenoxy) is 2. The maximum atomic E-state index is 9.83. The minimum Gasteiger partial charge on any atom is -0.508 e. The van der Waals surface area contributed by atoms with Crippen molar-refractivity contribution in [1.82, 2.24) is 14.9 Å². The van der Waals surface area contributed by atoms with Gasteiger partial charge >= 0.3 is 0 Å². The Bertz CT molecular complexity index is 1670. The van der Waals surface area contributed by atoms with Crippen LogP contribution in [-0.4, -0.2) is 26.9 Å². The molecule has 0 amide bonds. The van der Waals surface area contributed by atoms with Crippen molar-refractivity contribution in [2.45, 2.75) is 25.9 Å². The van der Waals surface area contributed by atoms with Gasteiger partial charge in [-0.2, -0.15) is 0 Å². The van der Waals surface area contributed by atoms with Crippen LogP contribution in [0.4, 0.5) is 5.69 Å². The molecular formula is C33H30N4O3S. The summed E-state index contributed by atoms with van der Waals surface area (Å²) in [6, 6.07) is 30.6. The van der Waals surface area contributed by atoms with E-state index in [0.717, 1.165) is 51.3 Å². The molecule has 8 heteroatoms. The molecule has 6 rings (SSSR count). The van der Waals surface area contributed by atoms with E-state index in [1.807, 2.05) is 85.1 Å². The number of benzene rings is 3. The largest absolute Gasteiger partial charge is 0.508 e. The number of phenolic OH excluding ortho intramolecular Hbond substituents is 1. The van der Waals surface area contributed by atoms with Crippen molar-refractivity contribution in [3.63, 3.8) is 0 Å². The molecule has 41 heavy (non-hydrogen) atoms. The number of thiocarbonyl (C=S) groups is 1. The number of nitrogens with one attached hydrogen (secondary N) is 1. The average molecular weight is 563 g/mol. The molecule has 0 radical (unpaired) electrons. The standard InChI is InChI=1S/C33H30N4O3S/c1-21-20-29(22(2)36(21)23-7-11-25(38)12-8-23)32-31(30-6-4-5-19-34-30)35-33(41)37(32)24-9-13-27(14-10-24)40-28-17-15-26(39-3)16-18-28/h4-20,31-32,38H,1-3H3,(H,35,41). The number of hydrogen-bond donors (Lipinski definition) is 2. The molecular weight excluding hydrogens is 532 g/mol. The molecule has 0 saturated carbocycles. The van der Waals surface area contributed by atoms with Crippen molar-refractivity contribution >= 4 is 23.0 Å². The Labute approximate surface area is 244 Å². The van der Waals surface area contributed by atoms with E-state index in [0.29, 0.717) is 5.11 Å². The zero-order valence-corrected chi connectivity index (χ0v) is 23.8. The van der Waals surface area contributed by atoms with Crippen molar-refractivity contribution < 1.29 is 14.6 Å². The van der Waals surface area contributed by atoms with Gasteiger partial charge in [-0.15, -0.1) is 0 Å². The summed E-state index contributed by atoms with van der Waals surface area (Å²) < 4.78 is 13.5. The summed E-state index contributed by atoms with van der Waals surface area (Å²) in [6.07, 6.45) is 1.81. The van der Waals surface area contributed by atoms with Gasteiger partial charge in [0, 0.05) is 29.0 Å². The van der Waals surface area contributed by atoms with Gasteiger partial charge < -0.3 is 29.4 Å². The van der Waals surface area contributed by atoms with Crippen molar-refractivity contribution in [2.75, 3.05) is 12.0 Å². The fourth-order valence-electron chi connectivity index (χ4n) is 5.49. The molecule has 1 aliphatic heterocycles. The third kappa shape index (κ3) is 5.10. The molecule has 2 aromatic heterocycles. The SMILES string of the molecule is COc1ccc(Oc2ccc(N3C(=S)NC(c4ccccn4)C3c3cc(C)n(-c4ccc(O)cc4)c3C)cc2)cc1. The van der Waals surface area contributed by atoms with Crippen LogP contribution in [0.15, 0.2) is 103 Å². The highest BCUT2D eigenvalue weighted by atomic mass is 32.1. The first-order valence-electron chi connectivity index (χ1n) is 13.3. The Hall–Kier alpha value is -4.82. The molecule has 3 aromatic carbocycles. The minimum absolute atomic E-state index is 0.150. The number of anilines is 1. The van der Waals surface area contributed by atoms with Gasteiger partial charge in [0.2, 0.25) is 0 Å². The van der Waals surface area contributed by atoms with E-state index in [9.17, 15) is 5.11 Å². The molecule has 206 valence electrons. The van der Waals surface area contributed by atoms with Crippen LogP contribution in [0.25, 0.3) is 5.69 Å². The fourth-order valence-corrected chi connectivity index (χ4v) is 5.84. The zero-order valence-electron chi connectivity index (χ0n) is 23.0. The highest BCUT2D eigenvalue weighted by molar-refractivity contribution is 7.80. The zero-order chi connectivity index (χ0) is 28.5. The first kappa shape index (κ1) is 26.4. The van der Waals surface area contributed by atoms with Crippen molar-refractivity contribution in [1.29, 1.82) is 0 Å².